The number of aliphatic hydroxyl groups excluding tert-OH is 1. The first-order chi connectivity index (χ1) is 17.2. The molecule has 0 fully saturated rings. The Morgan fingerprint density at radius 2 is 1.86 bits per heavy atom. The molecule has 0 saturated carbocycles. The average molecular weight is 473 g/mol. The SMILES string of the molecule is CCc1nc(Oc2ccc3c(c2)OCO3)c(-c2nn[nH]n2)c(-c2ccc(OC)cc2)c1C=CCO. The Balaban J connectivity index is 1.75. The van der Waals surface area contributed by atoms with Crippen LogP contribution in [0.3, 0.4) is 0 Å². The molecule has 0 atom stereocenters. The zero-order valence-corrected chi connectivity index (χ0v) is 19.2. The van der Waals surface area contributed by atoms with Crippen LogP contribution in [-0.2, 0) is 6.42 Å². The molecule has 2 aromatic carbocycles. The third-order valence-electron chi connectivity index (χ3n) is 5.51. The number of fused-ring (bicyclic) bond motifs is 1. The largest absolute Gasteiger partial charge is 0.497 e. The van der Waals surface area contributed by atoms with Gasteiger partial charge in [-0.25, -0.2) is 4.98 Å². The third kappa shape index (κ3) is 4.38. The Morgan fingerprint density at radius 3 is 2.57 bits per heavy atom. The number of aromatic amines is 1. The Bertz CT molecular complexity index is 1350. The smallest absolute Gasteiger partial charge is 0.231 e. The Hall–Kier alpha value is -4.44. The lowest BCUT2D eigenvalue weighted by Crippen LogP contribution is -2.04. The molecule has 0 unspecified atom stereocenters. The number of tetrazole rings is 1. The van der Waals surface area contributed by atoms with Gasteiger partial charge in [0.05, 0.1) is 25.0 Å². The lowest BCUT2D eigenvalue weighted by atomic mass is 9.92. The van der Waals surface area contributed by atoms with Crippen LogP contribution in [-0.4, -0.2) is 51.2 Å². The van der Waals surface area contributed by atoms with E-state index in [0.717, 1.165) is 28.1 Å². The first-order valence-corrected chi connectivity index (χ1v) is 11.0. The van der Waals surface area contributed by atoms with E-state index < -0.39 is 0 Å². The summed E-state index contributed by atoms with van der Waals surface area (Å²) in [6.45, 7) is 2.06. The van der Waals surface area contributed by atoms with Crippen LogP contribution in [0.2, 0.25) is 0 Å². The summed E-state index contributed by atoms with van der Waals surface area (Å²) < 4.78 is 22.5. The topological polar surface area (TPSA) is 125 Å². The third-order valence-corrected chi connectivity index (χ3v) is 5.51. The van der Waals surface area contributed by atoms with E-state index in [1.54, 1.807) is 31.4 Å². The molecule has 10 nitrogen and oxygen atoms in total. The van der Waals surface area contributed by atoms with E-state index in [2.05, 4.69) is 20.6 Å². The monoisotopic (exact) mass is 473 g/mol. The quantitative estimate of drug-likeness (QED) is 0.390. The highest BCUT2D eigenvalue weighted by Gasteiger charge is 2.25. The number of aromatic nitrogens is 5. The summed E-state index contributed by atoms with van der Waals surface area (Å²) in [4.78, 5) is 4.84. The van der Waals surface area contributed by atoms with E-state index in [1.165, 1.54) is 0 Å². The fourth-order valence-electron chi connectivity index (χ4n) is 3.90. The summed E-state index contributed by atoms with van der Waals surface area (Å²) in [5.41, 5.74) is 3.82. The van der Waals surface area contributed by atoms with Crippen molar-refractivity contribution < 1.29 is 24.1 Å². The number of rotatable bonds is 8. The first kappa shape index (κ1) is 22.4. The Labute approximate surface area is 201 Å². The van der Waals surface area contributed by atoms with Gasteiger partial charge in [0.25, 0.3) is 0 Å². The molecule has 3 heterocycles. The van der Waals surface area contributed by atoms with E-state index in [1.807, 2.05) is 37.3 Å². The van der Waals surface area contributed by atoms with E-state index in [-0.39, 0.29) is 13.4 Å². The van der Waals surface area contributed by atoms with Crippen molar-refractivity contribution in [2.24, 2.45) is 0 Å². The van der Waals surface area contributed by atoms with E-state index in [9.17, 15) is 5.11 Å². The van der Waals surface area contributed by atoms with Gasteiger partial charge < -0.3 is 24.1 Å². The summed E-state index contributed by atoms with van der Waals surface area (Å²) in [6.07, 6.45) is 4.14. The molecule has 0 spiro atoms. The van der Waals surface area contributed by atoms with Crippen LogP contribution in [0.25, 0.3) is 28.6 Å². The number of nitrogens with one attached hydrogen (secondary N) is 1. The molecular weight excluding hydrogens is 450 g/mol. The second kappa shape index (κ2) is 9.82. The lowest BCUT2D eigenvalue weighted by molar-refractivity contribution is 0.174. The van der Waals surface area contributed by atoms with Gasteiger partial charge in [-0.2, -0.15) is 5.21 Å². The van der Waals surface area contributed by atoms with Gasteiger partial charge >= 0.3 is 0 Å². The van der Waals surface area contributed by atoms with Crippen LogP contribution >= 0.6 is 0 Å². The number of aryl methyl sites for hydroxylation is 1. The van der Waals surface area contributed by atoms with Crippen LogP contribution in [0.5, 0.6) is 28.9 Å². The number of ether oxygens (including phenoxy) is 4. The number of benzene rings is 2. The number of H-pyrrole nitrogens is 1. The van der Waals surface area contributed by atoms with Gasteiger partial charge in [-0.3, -0.25) is 0 Å². The van der Waals surface area contributed by atoms with Gasteiger partial charge in [0.15, 0.2) is 11.5 Å². The number of hydrogen-bond acceptors (Lipinski definition) is 9. The van der Waals surface area contributed by atoms with Crippen LogP contribution in [0.4, 0.5) is 0 Å². The van der Waals surface area contributed by atoms with E-state index >= 15 is 0 Å². The number of methoxy groups -OCH3 is 1. The number of nitrogens with zero attached hydrogens (tertiary/aromatic N) is 4. The Kier molecular flexibility index (Phi) is 6.27. The minimum atomic E-state index is -0.113. The molecule has 5 rings (SSSR count). The highest BCUT2D eigenvalue weighted by molar-refractivity contribution is 5.91. The minimum absolute atomic E-state index is 0.113. The molecule has 2 aromatic heterocycles. The van der Waals surface area contributed by atoms with Crippen LogP contribution in [0, 0.1) is 0 Å². The van der Waals surface area contributed by atoms with E-state index in [4.69, 9.17) is 23.9 Å². The number of pyridine rings is 1. The fraction of sp³-hybridized carbons (Fsp3) is 0.200. The summed E-state index contributed by atoms with van der Waals surface area (Å²) in [6, 6.07) is 13.0. The Morgan fingerprint density at radius 1 is 1.06 bits per heavy atom. The zero-order valence-electron chi connectivity index (χ0n) is 19.2. The van der Waals surface area contributed by atoms with Crippen LogP contribution < -0.4 is 18.9 Å². The molecule has 0 amide bonds. The van der Waals surface area contributed by atoms with Crippen LogP contribution in [0.1, 0.15) is 18.2 Å². The molecule has 0 radical (unpaired) electrons. The second-order valence-electron chi connectivity index (χ2n) is 7.55. The minimum Gasteiger partial charge on any atom is -0.497 e. The van der Waals surface area contributed by atoms with E-state index in [0.29, 0.717) is 40.9 Å². The van der Waals surface area contributed by atoms with Crippen molar-refractivity contribution in [3.8, 4) is 51.4 Å². The standard InChI is InChI=1S/C25H23N5O5/c1-3-19-18(5-4-12-31)22(15-6-8-16(32-2)9-7-15)23(24-27-29-30-28-24)25(26-19)35-17-10-11-20-21(13-17)34-14-33-20/h4-11,13,31H,3,12,14H2,1-2H3,(H,27,28,29,30). The van der Waals surface area contributed by atoms with Gasteiger partial charge in [-0.1, -0.05) is 31.2 Å². The predicted molar refractivity (Wildman–Crippen MR) is 128 cm³/mol. The van der Waals surface area contributed by atoms with Crippen LogP contribution in [0.15, 0.2) is 48.5 Å². The molecule has 1 aliphatic heterocycles. The maximum atomic E-state index is 9.49. The molecule has 4 aromatic rings. The summed E-state index contributed by atoms with van der Waals surface area (Å²) in [5, 5.41) is 24.2. The molecule has 1 aliphatic rings. The first-order valence-electron chi connectivity index (χ1n) is 11.0. The molecule has 35 heavy (non-hydrogen) atoms. The van der Waals surface area contributed by atoms with Crippen molar-refractivity contribution in [1.82, 2.24) is 25.6 Å². The van der Waals surface area contributed by atoms with Crippen molar-refractivity contribution in [1.29, 1.82) is 0 Å². The zero-order chi connectivity index (χ0) is 24.2. The molecule has 2 N–H and O–H groups in total. The maximum absolute atomic E-state index is 9.49. The highest BCUT2D eigenvalue weighted by Crippen LogP contribution is 2.44. The summed E-state index contributed by atoms with van der Waals surface area (Å²) >= 11 is 0. The van der Waals surface area contributed by atoms with Gasteiger partial charge in [0, 0.05) is 17.2 Å². The molecular formula is C25H23N5O5. The van der Waals surface area contributed by atoms with Crippen molar-refractivity contribution >= 4 is 6.08 Å². The van der Waals surface area contributed by atoms with Gasteiger partial charge in [0.1, 0.15) is 11.5 Å². The van der Waals surface area contributed by atoms with Gasteiger partial charge in [0.2, 0.25) is 18.5 Å². The molecule has 0 saturated heterocycles. The molecule has 178 valence electrons. The lowest BCUT2D eigenvalue weighted by Gasteiger charge is -2.19. The average Bonchev–Trinajstić information content (AvgIpc) is 3.59. The molecule has 0 aliphatic carbocycles. The number of aliphatic hydroxyl groups is 1. The van der Waals surface area contributed by atoms with Gasteiger partial charge in [-0.15, -0.1) is 10.2 Å². The normalized spacial score (nSPS) is 12.3. The highest BCUT2D eigenvalue weighted by atomic mass is 16.7. The van der Waals surface area contributed by atoms with Crippen molar-refractivity contribution in [2.45, 2.75) is 13.3 Å². The predicted octanol–water partition coefficient (Wildman–Crippen LogP) is 4.03. The van der Waals surface area contributed by atoms with Gasteiger partial charge in [-0.05, 0) is 41.5 Å². The second-order valence-corrected chi connectivity index (χ2v) is 7.55. The molecule has 0 bridgehead atoms. The fourth-order valence-corrected chi connectivity index (χ4v) is 3.90. The van der Waals surface area contributed by atoms with Crippen molar-refractivity contribution in [2.75, 3.05) is 20.5 Å². The molecule has 10 heteroatoms. The maximum Gasteiger partial charge on any atom is 0.231 e. The summed E-state index contributed by atoms with van der Waals surface area (Å²) in [7, 11) is 1.62. The van der Waals surface area contributed by atoms with Crippen molar-refractivity contribution in [3.05, 3.63) is 59.8 Å². The van der Waals surface area contributed by atoms with Crippen molar-refractivity contribution in [3.63, 3.8) is 0 Å². The number of hydrogen-bond donors (Lipinski definition) is 2. The summed E-state index contributed by atoms with van der Waals surface area (Å²) in [5.74, 6) is 3.13.